The molecule has 1 unspecified atom stereocenters. The van der Waals surface area contributed by atoms with E-state index in [1.54, 1.807) is 0 Å². The molecule has 2 rings (SSSR count). The molecule has 0 radical (unpaired) electrons. The van der Waals surface area contributed by atoms with Gasteiger partial charge >= 0.3 is 11.9 Å². The summed E-state index contributed by atoms with van der Waals surface area (Å²) in [6.45, 7) is 8.40. The van der Waals surface area contributed by atoms with Crippen LogP contribution in [-0.2, 0) is 14.3 Å². The number of pyridine rings is 1. The van der Waals surface area contributed by atoms with Crippen molar-refractivity contribution in [2.45, 2.75) is 52.9 Å². The van der Waals surface area contributed by atoms with E-state index < -0.39 is 36.1 Å². The minimum Gasteiger partial charge on any atom is -0.487 e. The third-order valence-electron chi connectivity index (χ3n) is 4.38. The number of benzene rings is 1. The molecule has 2 aromatic rings. The van der Waals surface area contributed by atoms with Gasteiger partial charge in [0.1, 0.15) is 24.0 Å². The van der Waals surface area contributed by atoms with Crippen molar-refractivity contribution in [3.8, 4) is 11.5 Å². The SMILES string of the molecule is CC(=O)Oc1cccnc1C(=O)N[C@@H](C)C(=O)OC(C(C)C)[C@H](C)Oc1ccccc1. The minimum absolute atomic E-state index is 0.0120. The Morgan fingerprint density at radius 1 is 0.968 bits per heavy atom. The van der Waals surface area contributed by atoms with E-state index in [4.69, 9.17) is 14.2 Å². The van der Waals surface area contributed by atoms with Crippen LogP contribution in [0.3, 0.4) is 0 Å². The molecule has 3 atom stereocenters. The van der Waals surface area contributed by atoms with Gasteiger partial charge in [0.25, 0.3) is 5.91 Å². The average molecular weight is 428 g/mol. The quantitative estimate of drug-likeness (QED) is 0.612. The molecule has 0 bridgehead atoms. The van der Waals surface area contributed by atoms with E-state index in [2.05, 4.69) is 10.3 Å². The number of ether oxygens (including phenoxy) is 3. The standard InChI is InChI=1S/C23H28N2O6/c1-14(2)21(16(4)29-18-10-7-6-8-11-18)31-23(28)15(3)25-22(27)20-19(30-17(5)26)12-9-13-24-20/h6-16,21H,1-5H3,(H,25,27)/t15-,16-,21?/m0/s1. The van der Waals surface area contributed by atoms with Gasteiger partial charge in [0.05, 0.1) is 0 Å². The Bertz CT molecular complexity index is 900. The lowest BCUT2D eigenvalue weighted by molar-refractivity contribution is -0.158. The summed E-state index contributed by atoms with van der Waals surface area (Å²) in [5.74, 6) is -1.18. The Hall–Kier alpha value is -3.42. The fourth-order valence-electron chi connectivity index (χ4n) is 2.91. The van der Waals surface area contributed by atoms with Crippen LogP contribution in [0.25, 0.3) is 0 Å². The average Bonchev–Trinajstić information content (AvgIpc) is 2.72. The molecule has 1 heterocycles. The fourth-order valence-corrected chi connectivity index (χ4v) is 2.91. The van der Waals surface area contributed by atoms with Crippen LogP contribution in [0.5, 0.6) is 11.5 Å². The van der Waals surface area contributed by atoms with Crippen LogP contribution < -0.4 is 14.8 Å². The highest BCUT2D eigenvalue weighted by molar-refractivity contribution is 5.97. The molecule has 1 aromatic heterocycles. The molecule has 8 nitrogen and oxygen atoms in total. The first-order valence-electron chi connectivity index (χ1n) is 10.1. The maximum absolute atomic E-state index is 12.6. The molecule has 1 amide bonds. The van der Waals surface area contributed by atoms with E-state index in [-0.39, 0.29) is 17.4 Å². The summed E-state index contributed by atoms with van der Waals surface area (Å²) in [5, 5.41) is 2.53. The number of amides is 1. The highest BCUT2D eigenvalue weighted by Gasteiger charge is 2.30. The number of rotatable bonds is 9. The maximum Gasteiger partial charge on any atom is 0.328 e. The molecule has 0 fully saturated rings. The van der Waals surface area contributed by atoms with Gasteiger partial charge in [-0.1, -0.05) is 32.0 Å². The molecule has 0 aliphatic carbocycles. The normalized spacial score (nSPS) is 13.6. The Labute approximate surface area is 181 Å². The molecular weight excluding hydrogens is 400 g/mol. The van der Waals surface area contributed by atoms with E-state index in [9.17, 15) is 14.4 Å². The number of aromatic nitrogens is 1. The largest absolute Gasteiger partial charge is 0.487 e. The van der Waals surface area contributed by atoms with Crippen LogP contribution in [0.2, 0.25) is 0 Å². The van der Waals surface area contributed by atoms with Gasteiger partial charge in [0.2, 0.25) is 0 Å². The summed E-state index contributed by atoms with van der Waals surface area (Å²) in [6.07, 6.45) is 0.460. The van der Waals surface area contributed by atoms with Crippen LogP contribution in [0.4, 0.5) is 0 Å². The summed E-state index contributed by atoms with van der Waals surface area (Å²) in [6, 6.07) is 11.3. The fraction of sp³-hybridized carbons (Fsp3) is 0.391. The highest BCUT2D eigenvalue weighted by atomic mass is 16.6. The van der Waals surface area contributed by atoms with Crippen molar-refractivity contribution >= 4 is 17.8 Å². The molecule has 31 heavy (non-hydrogen) atoms. The topological polar surface area (TPSA) is 104 Å². The first-order chi connectivity index (χ1) is 14.7. The van der Waals surface area contributed by atoms with Crippen LogP contribution >= 0.6 is 0 Å². The lowest BCUT2D eigenvalue weighted by Gasteiger charge is -2.29. The second-order valence-corrected chi connectivity index (χ2v) is 7.42. The Morgan fingerprint density at radius 2 is 1.65 bits per heavy atom. The Kier molecular flexibility index (Phi) is 8.54. The van der Waals surface area contributed by atoms with Crippen molar-refractivity contribution in [3.05, 3.63) is 54.4 Å². The predicted molar refractivity (Wildman–Crippen MR) is 114 cm³/mol. The van der Waals surface area contributed by atoms with Crippen LogP contribution in [0.15, 0.2) is 48.7 Å². The third-order valence-corrected chi connectivity index (χ3v) is 4.38. The van der Waals surface area contributed by atoms with Crippen molar-refractivity contribution in [2.75, 3.05) is 0 Å². The zero-order valence-corrected chi connectivity index (χ0v) is 18.3. The first kappa shape index (κ1) is 23.9. The van der Waals surface area contributed by atoms with Gasteiger partial charge in [-0.15, -0.1) is 0 Å². The molecule has 1 aromatic carbocycles. The van der Waals surface area contributed by atoms with Crippen LogP contribution in [-0.4, -0.2) is 41.1 Å². The summed E-state index contributed by atoms with van der Waals surface area (Å²) >= 11 is 0. The Balaban J connectivity index is 2.03. The number of para-hydroxylation sites is 1. The second-order valence-electron chi connectivity index (χ2n) is 7.42. The number of esters is 2. The van der Waals surface area contributed by atoms with E-state index in [1.807, 2.05) is 51.1 Å². The molecule has 166 valence electrons. The molecular formula is C23H28N2O6. The summed E-state index contributed by atoms with van der Waals surface area (Å²) in [5.41, 5.74) is -0.0986. The smallest absolute Gasteiger partial charge is 0.328 e. The summed E-state index contributed by atoms with van der Waals surface area (Å²) in [4.78, 5) is 40.4. The molecule has 1 N–H and O–H groups in total. The van der Waals surface area contributed by atoms with E-state index in [0.29, 0.717) is 5.75 Å². The molecule has 8 heteroatoms. The highest BCUT2D eigenvalue weighted by Crippen LogP contribution is 2.19. The van der Waals surface area contributed by atoms with E-state index in [0.717, 1.165) is 0 Å². The van der Waals surface area contributed by atoms with Gasteiger partial charge in [-0.25, -0.2) is 9.78 Å². The van der Waals surface area contributed by atoms with Crippen molar-refractivity contribution in [1.29, 1.82) is 0 Å². The van der Waals surface area contributed by atoms with Crippen molar-refractivity contribution < 1.29 is 28.6 Å². The van der Waals surface area contributed by atoms with Crippen LogP contribution in [0.1, 0.15) is 45.1 Å². The maximum atomic E-state index is 12.6. The van der Waals surface area contributed by atoms with Crippen molar-refractivity contribution in [2.24, 2.45) is 5.92 Å². The van der Waals surface area contributed by atoms with Crippen molar-refractivity contribution in [3.63, 3.8) is 0 Å². The van der Waals surface area contributed by atoms with Gasteiger partial charge in [-0.2, -0.15) is 0 Å². The number of carbonyl (C=O) groups excluding carboxylic acids is 3. The van der Waals surface area contributed by atoms with Gasteiger partial charge in [0, 0.05) is 13.1 Å². The van der Waals surface area contributed by atoms with Gasteiger partial charge in [-0.3, -0.25) is 9.59 Å². The number of carbonyl (C=O) groups is 3. The van der Waals surface area contributed by atoms with Crippen molar-refractivity contribution in [1.82, 2.24) is 10.3 Å². The monoisotopic (exact) mass is 428 g/mol. The molecule has 0 aliphatic heterocycles. The van der Waals surface area contributed by atoms with Gasteiger partial charge in [-0.05, 0) is 44.0 Å². The van der Waals surface area contributed by atoms with Gasteiger partial charge < -0.3 is 19.5 Å². The third kappa shape index (κ3) is 7.09. The first-order valence-corrected chi connectivity index (χ1v) is 10.1. The number of hydrogen-bond donors (Lipinski definition) is 1. The minimum atomic E-state index is -0.954. The predicted octanol–water partition coefficient (Wildman–Crippen LogP) is 3.16. The zero-order chi connectivity index (χ0) is 23.0. The Morgan fingerprint density at radius 3 is 2.26 bits per heavy atom. The summed E-state index contributed by atoms with van der Waals surface area (Å²) < 4.78 is 16.6. The molecule has 0 saturated carbocycles. The number of hydrogen-bond acceptors (Lipinski definition) is 7. The lowest BCUT2D eigenvalue weighted by atomic mass is 10.0. The van der Waals surface area contributed by atoms with E-state index >= 15 is 0 Å². The molecule has 0 spiro atoms. The molecule has 0 saturated heterocycles. The van der Waals surface area contributed by atoms with Gasteiger partial charge in [0.15, 0.2) is 11.4 Å². The van der Waals surface area contributed by atoms with Crippen LogP contribution in [0, 0.1) is 5.92 Å². The number of nitrogens with zero attached hydrogens (tertiary/aromatic N) is 1. The lowest BCUT2D eigenvalue weighted by Crippen LogP contribution is -2.45. The molecule has 0 aliphatic rings. The zero-order valence-electron chi connectivity index (χ0n) is 18.3. The van der Waals surface area contributed by atoms with E-state index in [1.165, 1.54) is 32.2 Å². The number of nitrogens with one attached hydrogen (secondary N) is 1. The second kappa shape index (κ2) is 11.1. The summed E-state index contributed by atoms with van der Waals surface area (Å²) in [7, 11) is 0.